The summed E-state index contributed by atoms with van der Waals surface area (Å²) < 4.78 is 24.1. The summed E-state index contributed by atoms with van der Waals surface area (Å²) in [7, 11) is -2.03. The minimum absolute atomic E-state index is 0.0183. The molecule has 0 saturated carbocycles. The van der Waals surface area contributed by atoms with Crippen molar-refractivity contribution in [1.29, 1.82) is 0 Å². The molecule has 1 amide bonds. The number of amides is 1. The van der Waals surface area contributed by atoms with Gasteiger partial charge in [0.25, 0.3) is 5.91 Å². The zero-order valence-corrected chi connectivity index (χ0v) is 11.6. The van der Waals surface area contributed by atoms with Crippen molar-refractivity contribution in [1.82, 2.24) is 14.9 Å². The van der Waals surface area contributed by atoms with Crippen LogP contribution in [0.1, 0.15) is 16.1 Å². The molecule has 8 heteroatoms. The van der Waals surface area contributed by atoms with Crippen LogP contribution in [0.2, 0.25) is 0 Å². The van der Waals surface area contributed by atoms with Crippen molar-refractivity contribution in [2.75, 3.05) is 0 Å². The number of hydrogen-bond acceptors (Lipinski definition) is 4. The number of nitrogens with two attached hydrogens (primary N) is 1. The van der Waals surface area contributed by atoms with Crippen molar-refractivity contribution in [3.63, 3.8) is 0 Å². The molecule has 0 spiro atoms. The van der Waals surface area contributed by atoms with E-state index in [1.807, 2.05) is 0 Å². The van der Waals surface area contributed by atoms with Gasteiger partial charge in [-0.05, 0) is 17.7 Å². The van der Waals surface area contributed by atoms with Gasteiger partial charge >= 0.3 is 0 Å². The second kappa shape index (κ2) is 5.43. The fraction of sp³-hybridized carbons (Fsp3) is 0.167. The Morgan fingerprint density at radius 2 is 2.20 bits per heavy atom. The maximum atomic E-state index is 11.9. The summed E-state index contributed by atoms with van der Waals surface area (Å²) in [5.74, 6) is -0.286. The molecule has 1 aromatic heterocycles. The van der Waals surface area contributed by atoms with Gasteiger partial charge < -0.3 is 9.88 Å². The maximum absolute atomic E-state index is 11.9. The maximum Gasteiger partial charge on any atom is 0.269 e. The second-order valence-corrected chi connectivity index (χ2v) is 5.83. The summed E-state index contributed by atoms with van der Waals surface area (Å²) in [4.78, 5) is 15.7. The molecule has 20 heavy (non-hydrogen) atoms. The molecule has 0 atom stereocenters. The number of carbonyl (C=O) groups is 1. The first-order valence-electron chi connectivity index (χ1n) is 5.74. The van der Waals surface area contributed by atoms with E-state index < -0.39 is 10.0 Å². The van der Waals surface area contributed by atoms with Crippen LogP contribution in [0, 0.1) is 0 Å². The van der Waals surface area contributed by atoms with Gasteiger partial charge in [-0.25, -0.2) is 18.5 Å². The summed E-state index contributed by atoms with van der Waals surface area (Å²) in [5.41, 5.74) is 1.07. The van der Waals surface area contributed by atoms with E-state index in [1.54, 1.807) is 23.7 Å². The predicted molar refractivity (Wildman–Crippen MR) is 72.2 cm³/mol. The number of aryl methyl sites for hydroxylation is 1. The van der Waals surface area contributed by atoms with Gasteiger partial charge in [-0.15, -0.1) is 0 Å². The third kappa shape index (κ3) is 3.22. The lowest BCUT2D eigenvalue weighted by molar-refractivity contribution is 0.0942. The Morgan fingerprint density at radius 1 is 1.45 bits per heavy atom. The van der Waals surface area contributed by atoms with E-state index >= 15 is 0 Å². The number of carbonyl (C=O) groups excluding carboxylic acids is 1. The number of primary sulfonamides is 1. The van der Waals surface area contributed by atoms with E-state index in [2.05, 4.69) is 10.3 Å². The molecule has 0 aliphatic rings. The standard InChI is InChI=1S/C12H14N4O3S/c1-16-8-14-7-11(16)12(17)15-6-9-3-2-4-10(5-9)20(13,18)19/h2-5,7-8H,6H2,1H3,(H,15,17)(H2,13,18,19). The van der Waals surface area contributed by atoms with Crippen molar-refractivity contribution in [2.24, 2.45) is 12.2 Å². The van der Waals surface area contributed by atoms with E-state index in [-0.39, 0.29) is 17.3 Å². The molecule has 106 valence electrons. The molecule has 0 aliphatic heterocycles. The van der Waals surface area contributed by atoms with Gasteiger partial charge in [0.05, 0.1) is 17.4 Å². The Balaban J connectivity index is 2.09. The van der Waals surface area contributed by atoms with E-state index in [0.29, 0.717) is 11.3 Å². The van der Waals surface area contributed by atoms with Crippen molar-refractivity contribution in [2.45, 2.75) is 11.4 Å². The van der Waals surface area contributed by atoms with Crippen LogP contribution in [0.15, 0.2) is 41.7 Å². The second-order valence-electron chi connectivity index (χ2n) is 4.26. The summed E-state index contributed by atoms with van der Waals surface area (Å²) >= 11 is 0. The Hall–Kier alpha value is -2.19. The number of imidazole rings is 1. The van der Waals surface area contributed by atoms with Gasteiger partial charge in [-0.1, -0.05) is 12.1 Å². The van der Waals surface area contributed by atoms with Crippen LogP contribution >= 0.6 is 0 Å². The van der Waals surface area contributed by atoms with Crippen molar-refractivity contribution >= 4 is 15.9 Å². The topological polar surface area (TPSA) is 107 Å². The predicted octanol–water partition coefficient (Wildman–Crippen LogP) is -0.00250. The molecular weight excluding hydrogens is 280 g/mol. The van der Waals surface area contributed by atoms with Crippen LogP contribution in [0.3, 0.4) is 0 Å². The molecule has 1 heterocycles. The first-order valence-corrected chi connectivity index (χ1v) is 7.29. The van der Waals surface area contributed by atoms with Crippen LogP contribution in [0.4, 0.5) is 0 Å². The first-order chi connectivity index (χ1) is 9.38. The van der Waals surface area contributed by atoms with E-state index in [9.17, 15) is 13.2 Å². The summed E-state index contributed by atoms with van der Waals surface area (Å²) in [5, 5.41) is 7.74. The third-order valence-corrected chi connectivity index (χ3v) is 3.64. The van der Waals surface area contributed by atoms with Crippen LogP contribution < -0.4 is 10.5 Å². The highest BCUT2D eigenvalue weighted by molar-refractivity contribution is 7.89. The highest BCUT2D eigenvalue weighted by atomic mass is 32.2. The van der Waals surface area contributed by atoms with Crippen molar-refractivity contribution < 1.29 is 13.2 Å². The SMILES string of the molecule is Cn1cncc1C(=O)NCc1cccc(S(N)(=O)=O)c1. The lowest BCUT2D eigenvalue weighted by Crippen LogP contribution is -2.25. The zero-order chi connectivity index (χ0) is 14.8. The fourth-order valence-electron chi connectivity index (χ4n) is 1.68. The number of hydrogen-bond donors (Lipinski definition) is 2. The Kier molecular flexibility index (Phi) is 3.86. The number of sulfonamides is 1. The molecular formula is C12H14N4O3S. The molecule has 0 saturated heterocycles. The smallest absolute Gasteiger partial charge is 0.269 e. The highest BCUT2D eigenvalue weighted by Crippen LogP contribution is 2.09. The van der Waals surface area contributed by atoms with Crippen LogP contribution in [-0.4, -0.2) is 23.9 Å². The van der Waals surface area contributed by atoms with Gasteiger partial charge in [0, 0.05) is 13.6 Å². The Labute approximate surface area is 116 Å². The summed E-state index contributed by atoms with van der Waals surface area (Å²) in [6.07, 6.45) is 2.98. The van der Waals surface area contributed by atoms with Crippen LogP contribution in [0.25, 0.3) is 0 Å². The van der Waals surface area contributed by atoms with Gasteiger partial charge in [-0.2, -0.15) is 0 Å². The monoisotopic (exact) mass is 294 g/mol. The van der Waals surface area contributed by atoms with E-state index in [0.717, 1.165) is 0 Å². The quantitative estimate of drug-likeness (QED) is 0.827. The Bertz CT molecular complexity index is 737. The van der Waals surface area contributed by atoms with Gasteiger partial charge in [0.2, 0.25) is 10.0 Å². The lowest BCUT2D eigenvalue weighted by Gasteiger charge is -2.07. The molecule has 0 radical (unpaired) electrons. The average molecular weight is 294 g/mol. The van der Waals surface area contributed by atoms with Crippen molar-refractivity contribution in [3.8, 4) is 0 Å². The summed E-state index contributed by atoms with van der Waals surface area (Å²) in [6, 6.07) is 6.12. The fourth-order valence-corrected chi connectivity index (χ4v) is 2.27. The number of nitrogens with one attached hydrogen (secondary N) is 1. The van der Waals surface area contributed by atoms with E-state index in [4.69, 9.17) is 5.14 Å². The summed E-state index contributed by atoms with van der Waals surface area (Å²) in [6.45, 7) is 0.202. The number of rotatable bonds is 4. The Morgan fingerprint density at radius 3 is 2.80 bits per heavy atom. The highest BCUT2D eigenvalue weighted by Gasteiger charge is 2.11. The molecule has 1 aromatic carbocycles. The molecule has 0 aliphatic carbocycles. The normalized spacial score (nSPS) is 11.3. The average Bonchev–Trinajstić information content (AvgIpc) is 2.82. The van der Waals surface area contributed by atoms with Gasteiger partial charge in [0.15, 0.2) is 0 Å². The van der Waals surface area contributed by atoms with Crippen LogP contribution in [-0.2, 0) is 23.6 Å². The van der Waals surface area contributed by atoms with Crippen molar-refractivity contribution in [3.05, 3.63) is 48.0 Å². The molecule has 0 bridgehead atoms. The minimum atomic E-state index is -3.74. The van der Waals surface area contributed by atoms with Gasteiger partial charge in [-0.3, -0.25) is 4.79 Å². The zero-order valence-electron chi connectivity index (χ0n) is 10.8. The first kappa shape index (κ1) is 14.2. The third-order valence-electron chi connectivity index (χ3n) is 2.73. The van der Waals surface area contributed by atoms with Crippen LogP contribution in [0.5, 0.6) is 0 Å². The molecule has 0 unspecified atom stereocenters. The molecule has 7 nitrogen and oxygen atoms in total. The van der Waals surface area contributed by atoms with E-state index in [1.165, 1.54) is 24.7 Å². The molecule has 2 rings (SSSR count). The molecule has 0 fully saturated rings. The largest absolute Gasteiger partial charge is 0.347 e. The number of benzene rings is 1. The lowest BCUT2D eigenvalue weighted by atomic mass is 10.2. The minimum Gasteiger partial charge on any atom is -0.347 e. The molecule has 2 aromatic rings. The number of aromatic nitrogens is 2. The number of nitrogens with zero attached hydrogens (tertiary/aromatic N) is 2. The van der Waals surface area contributed by atoms with Gasteiger partial charge in [0.1, 0.15) is 5.69 Å². The molecule has 3 N–H and O–H groups in total.